The molecule has 0 spiro atoms. The van der Waals surface area contributed by atoms with Gasteiger partial charge in [0.2, 0.25) is 0 Å². The number of carboxylic acids is 1. The normalized spacial score (nSPS) is 19.5. The Hall–Kier alpha value is -2.37. The summed E-state index contributed by atoms with van der Waals surface area (Å²) in [7, 11) is 1.60. The summed E-state index contributed by atoms with van der Waals surface area (Å²) in [4.78, 5) is 26.2. The monoisotopic (exact) mass is 373 g/mol. The number of nitrogens with zero attached hydrogens (tertiary/aromatic N) is 1. The van der Waals surface area contributed by atoms with Crippen LogP contribution in [-0.2, 0) is 16.1 Å². The molecule has 2 aromatic carbocycles. The predicted octanol–water partition coefficient (Wildman–Crippen LogP) is 3.43. The average Bonchev–Trinajstić information content (AvgIpc) is 3.08. The van der Waals surface area contributed by atoms with Crippen molar-refractivity contribution in [3.8, 4) is 0 Å². The molecule has 0 aromatic heterocycles. The summed E-state index contributed by atoms with van der Waals surface area (Å²) in [5.74, 6) is -1.95. The first-order chi connectivity index (χ1) is 12.5. The van der Waals surface area contributed by atoms with Gasteiger partial charge >= 0.3 is 5.97 Å². The lowest BCUT2D eigenvalue weighted by atomic mass is 9.89. The minimum Gasteiger partial charge on any atom is -0.481 e. The van der Waals surface area contributed by atoms with Gasteiger partial charge in [0.15, 0.2) is 0 Å². The van der Waals surface area contributed by atoms with Crippen molar-refractivity contribution >= 4 is 23.5 Å². The fourth-order valence-electron chi connectivity index (χ4n) is 3.41. The van der Waals surface area contributed by atoms with Crippen LogP contribution in [-0.4, -0.2) is 42.1 Å². The molecule has 1 fully saturated rings. The molecule has 136 valence electrons. The van der Waals surface area contributed by atoms with Crippen molar-refractivity contribution in [2.45, 2.75) is 12.5 Å². The molecule has 0 radical (unpaired) electrons. The van der Waals surface area contributed by atoms with E-state index < -0.39 is 11.9 Å². The first-order valence-corrected chi connectivity index (χ1v) is 8.73. The average molecular weight is 374 g/mol. The third-order valence-corrected chi connectivity index (χ3v) is 4.96. The molecule has 0 aliphatic carbocycles. The van der Waals surface area contributed by atoms with Gasteiger partial charge in [0.25, 0.3) is 5.91 Å². The smallest absolute Gasteiger partial charge is 0.308 e. The number of methoxy groups -OCH3 is 1. The molecule has 1 aliphatic heterocycles. The minimum atomic E-state index is -0.895. The van der Waals surface area contributed by atoms with Crippen LogP contribution < -0.4 is 0 Å². The highest BCUT2D eigenvalue weighted by Crippen LogP contribution is 2.34. The van der Waals surface area contributed by atoms with Gasteiger partial charge in [-0.15, -0.1) is 0 Å². The number of hydrogen-bond donors (Lipinski definition) is 1. The standard InChI is InChI=1S/C20H20ClNO4/c1-26-12-13-3-2-4-15(9-13)19(23)22-10-17(18(11-22)20(24)25)14-5-7-16(21)8-6-14/h2-9,17-18H,10-12H2,1H3,(H,24,25)/t17-,18+/m0/s1. The molecular weight excluding hydrogens is 354 g/mol. The third-order valence-electron chi connectivity index (χ3n) is 4.71. The van der Waals surface area contributed by atoms with Crippen molar-refractivity contribution in [2.75, 3.05) is 20.2 Å². The molecule has 2 aromatic rings. The molecule has 1 heterocycles. The Morgan fingerprint density at radius 3 is 2.58 bits per heavy atom. The Morgan fingerprint density at radius 2 is 1.92 bits per heavy atom. The number of carboxylic acid groups (broad SMARTS) is 1. The summed E-state index contributed by atoms with van der Waals surface area (Å²) < 4.78 is 5.11. The fraction of sp³-hybridized carbons (Fsp3) is 0.300. The van der Waals surface area contributed by atoms with Gasteiger partial charge in [-0.3, -0.25) is 9.59 Å². The van der Waals surface area contributed by atoms with Crippen LogP contribution in [0.2, 0.25) is 5.02 Å². The number of likely N-dealkylation sites (tertiary alicyclic amines) is 1. The van der Waals surface area contributed by atoms with E-state index in [1.54, 1.807) is 36.3 Å². The Balaban J connectivity index is 1.83. The SMILES string of the molecule is COCc1cccc(C(=O)N2C[C@@H](C(=O)O)[C@H](c3ccc(Cl)cc3)C2)c1. The zero-order valence-electron chi connectivity index (χ0n) is 14.4. The number of rotatable bonds is 5. The molecule has 26 heavy (non-hydrogen) atoms. The van der Waals surface area contributed by atoms with Crippen LogP contribution in [0, 0.1) is 5.92 Å². The number of ether oxygens (including phenoxy) is 1. The van der Waals surface area contributed by atoms with E-state index in [9.17, 15) is 14.7 Å². The number of halogens is 1. The maximum Gasteiger partial charge on any atom is 0.308 e. The first-order valence-electron chi connectivity index (χ1n) is 8.35. The minimum absolute atomic E-state index is 0.161. The molecule has 1 aliphatic rings. The number of carbonyl (C=O) groups is 2. The zero-order chi connectivity index (χ0) is 18.7. The van der Waals surface area contributed by atoms with Gasteiger partial charge in [-0.05, 0) is 35.4 Å². The number of carbonyl (C=O) groups excluding carboxylic acids is 1. The fourth-order valence-corrected chi connectivity index (χ4v) is 3.54. The molecule has 1 saturated heterocycles. The maximum atomic E-state index is 12.9. The van der Waals surface area contributed by atoms with Crippen molar-refractivity contribution in [1.82, 2.24) is 4.90 Å². The van der Waals surface area contributed by atoms with Crippen LogP contribution in [0.15, 0.2) is 48.5 Å². The summed E-state index contributed by atoms with van der Waals surface area (Å²) in [6, 6.07) is 14.4. The molecule has 3 rings (SSSR count). The van der Waals surface area contributed by atoms with Crippen LogP contribution in [0.1, 0.15) is 27.4 Å². The predicted molar refractivity (Wildman–Crippen MR) is 98.4 cm³/mol. The van der Waals surface area contributed by atoms with E-state index in [0.29, 0.717) is 23.7 Å². The van der Waals surface area contributed by atoms with Gasteiger partial charge in [-0.1, -0.05) is 35.9 Å². The Kier molecular flexibility index (Phi) is 5.59. The van der Waals surface area contributed by atoms with Gasteiger partial charge in [0, 0.05) is 36.7 Å². The summed E-state index contributed by atoms with van der Waals surface area (Å²) in [5, 5.41) is 10.2. The van der Waals surface area contributed by atoms with E-state index in [2.05, 4.69) is 0 Å². The quantitative estimate of drug-likeness (QED) is 0.872. The largest absolute Gasteiger partial charge is 0.481 e. The Labute approximate surface area is 157 Å². The highest BCUT2D eigenvalue weighted by atomic mass is 35.5. The summed E-state index contributed by atoms with van der Waals surface area (Å²) >= 11 is 5.93. The molecule has 0 saturated carbocycles. The number of amides is 1. The highest BCUT2D eigenvalue weighted by Gasteiger charge is 2.40. The molecular formula is C20H20ClNO4. The van der Waals surface area contributed by atoms with E-state index in [1.807, 2.05) is 24.3 Å². The molecule has 1 amide bonds. The van der Waals surface area contributed by atoms with Crippen molar-refractivity contribution < 1.29 is 19.4 Å². The van der Waals surface area contributed by atoms with Gasteiger partial charge in [0.05, 0.1) is 12.5 Å². The van der Waals surface area contributed by atoms with Crippen molar-refractivity contribution in [2.24, 2.45) is 5.92 Å². The number of benzene rings is 2. The van der Waals surface area contributed by atoms with Crippen LogP contribution in [0.25, 0.3) is 0 Å². The lowest BCUT2D eigenvalue weighted by Gasteiger charge is -2.17. The molecule has 6 heteroatoms. The third kappa shape index (κ3) is 3.89. The van der Waals surface area contributed by atoms with Crippen LogP contribution in [0.4, 0.5) is 0 Å². The second-order valence-corrected chi connectivity index (χ2v) is 6.88. The topological polar surface area (TPSA) is 66.8 Å². The summed E-state index contributed by atoms with van der Waals surface area (Å²) in [5.41, 5.74) is 2.33. The number of hydrogen-bond acceptors (Lipinski definition) is 3. The van der Waals surface area contributed by atoms with E-state index in [-0.39, 0.29) is 18.4 Å². The molecule has 2 atom stereocenters. The Bertz CT molecular complexity index is 806. The highest BCUT2D eigenvalue weighted by molar-refractivity contribution is 6.30. The van der Waals surface area contributed by atoms with E-state index >= 15 is 0 Å². The zero-order valence-corrected chi connectivity index (χ0v) is 15.1. The van der Waals surface area contributed by atoms with Crippen molar-refractivity contribution in [1.29, 1.82) is 0 Å². The van der Waals surface area contributed by atoms with Crippen molar-refractivity contribution in [3.05, 3.63) is 70.2 Å². The molecule has 0 unspecified atom stereocenters. The molecule has 5 nitrogen and oxygen atoms in total. The van der Waals surface area contributed by atoms with E-state index in [1.165, 1.54) is 0 Å². The summed E-state index contributed by atoms with van der Waals surface area (Å²) in [6.07, 6.45) is 0. The molecule has 0 bridgehead atoms. The Morgan fingerprint density at radius 1 is 1.19 bits per heavy atom. The number of aliphatic carboxylic acids is 1. The van der Waals surface area contributed by atoms with Crippen molar-refractivity contribution in [3.63, 3.8) is 0 Å². The van der Waals surface area contributed by atoms with Gasteiger partial charge in [-0.25, -0.2) is 0 Å². The van der Waals surface area contributed by atoms with E-state index in [0.717, 1.165) is 11.1 Å². The maximum absolute atomic E-state index is 12.9. The summed E-state index contributed by atoms with van der Waals surface area (Å²) in [6.45, 7) is 0.980. The van der Waals surface area contributed by atoms with Gasteiger partial charge in [0.1, 0.15) is 0 Å². The molecule has 1 N–H and O–H groups in total. The lowest BCUT2D eigenvalue weighted by Crippen LogP contribution is -2.30. The van der Waals surface area contributed by atoms with Gasteiger partial charge < -0.3 is 14.7 Å². The second-order valence-electron chi connectivity index (χ2n) is 6.45. The second kappa shape index (κ2) is 7.89. The van der Waals surface area contributed by atoms with E-state index in [4.69, 9.17) is 16.3 Å². The van der Waals surface area contributed by atoms with Crippen LogP contribution >= 0.6 is 11.6 Å². The van der Waals surface area contributed by atoms with Gasteiger partial charge in [-0.2, -0.15) is 0 Å². The van der Waals surface area contributed by atoms with Crippen LogP contribution in [0.5, 0.6) is 0 Å². The lowest BCUT2D eigenvalue weighted by molar-refractivity contribution is -0.141. The first kappa shape index (κ1) is 18.4. The van der Waals surface area contributed by atoms with Crippen LogP contribution in [0.3, 0.4) is 0 Å².